The highest BCUT2D eigenvalue weighted by atomic mass is 32.2. The van der Waals surface area contributed by atoms with Gasteiger partial charge in [-0.25, -0.2) is 13.2 Å². The van der Waals surface area contributed by atoms with Gasteiger partial charge in [0.1, 0.15) is 0 Å². The van der Waals surface area contributed by atoms with Crippen LogP contribution in [0.15, 0.2) is 20.7 Å². The Bertz CT molecular complexity index is 785. The predicted molar refractivity (Wildman–Crippen MR) is 76.1 cm³/mol. The number of hydrogen-bond acceptors (Lipinski definition) is 5. The van der Waals surface area contributed by atoms with E-state index >= 15 is 0 Å². The summed E-state index contributed by atoms with van der Waals surface area (Å²) < 4.78 is 27.9. The Balaban J connectivity index is 3.48. The van der Waals surface area contributed by atoms with Crippen LogP contribution >= 0.6 is 0 Å². The van der Waals surface area contributed by atoms with Crippen LogP contribution in [0.5, 0.6) is 0 Å². The van der Waals surface area contributed by atoms with E-state index in [1.54, 1.807) is 13.8 Å². The van der Waals surface area contributed by atoms with Gasteiger partial charge in [-0.15, -0.1) is 0 Å². The fourth-order valence-electron chi connectivity index (χ4n) is 1.83. The number of sulfonamides is 1. The van der Waals surface area contributed by atoms with Crippen LogP contribution in [0.3, 0.4) is 0 Å². The molecule has 8 nitrogen and oxygen atoms in total. The fourth-order valence-corrected chi connectivity index (χ4v) is 3.52. The average molecular weight is 314 g/mol. The van der Waals surface area contributed by atoms with E-state index in [-0.39, 0.29) is 13.1 Å². The fraction of sp³-hybridized carbons (Fsp3) is 0.583. The molecule has 116 valence electrons. The lowest BCUT2D eigenvalue weighted by Crippen LogP contribution is -2.43. The van der Waals surface area contributed by atoms with E-state index in [4.69, 9.17) is 5.26 Å². The summed E-state index contributed by atoms with van der Waals surface area (Å²) >= 11 is 0. The number of nitriles is 1. The van der Waals surface area contributed by atoms with Crippen molar-refractivity contribution in [3.63, 3.8) is 0 Å². The van der Waals surface area contributed by atoms with Crippen molar-refractivity contribution in [3.05, 3.63) is 27.0 Å². The molecule has 1 unspecified atom stereocenters. The van der Waals surface area contributed by atoms with Crippen LogP contribution in [0.25, 0.3) is 0 Å². The van der Waals surface area contributed by atoms with E-state index in [9.17, 15) is 18.0 Å². The van der Waals surface area contributed by atoms with Crippen LogP contribution in [-0.4, -0.2) is 34.9 Å². The summed E-state index contributed by atoms with van der Waals surface area (Å²) in [6.07, 6.45) is 1.01. The van der Waals surface area contributed by atoms with E-state index < -0.39 is 32.1 Å². The standard InChI is InChI=1S/C12H18N4O4S/c1-5-16(7-9(2)6-13)21(19,20)10-8-14(3)12(18)15(4)11(10)17/h8-9H,5,7H2,1-4H3. The molecule has 21 heavy (non-hydrogen) atoms. The van der Waals surface area contributed by atoms with Gasteiger partial charge >= 0.3 is 5.69 Å². The second kappa shape index (κ2) is 6.24. The zero-order valence-electron chi connectivity index (χ0n) is 12.4. The van der Waals surface area contributed by atoms with Crippen molar-refractivity contribution in [2.45, 2.75) is 18.7 Å². The number of aryl methyl sites for hydroxylation is 1. The average Bonchev–Trinajstić information content (AvgIpc) is 2.45. The van der Waals surface area contributed by atoms with Crippen molar-refractivity contribution >= 4 is 10.0 Å². The van der Waals surface area contributed by atoms with Crippen LogP contribution in [0.4, 0.5) is 0 Å². The lowest BCUT2D eigenvalue weighted by Gasteiger charge is -2.21. The molecule has 0 saturated heterocycles. The first kappa shape index (κ1) is 17.1. The van der Waals surface area contributed by atoms with Gasteiger partial charge < -0.3 is 4.57 Å². The minimum absolute atomic E-state index is 0.0126. The van der Waals surface area contributed by atoms with Crippen molar-refractivity contribution in [3.8, 4) is 6.07 Å². The molecule has 0 bridgehead atoms. The molecule has 0 aliphatic carbocycles. The molecule has 0 aliphatic heterocycles. The molecule has 1 atom stereocenters. The minimum Gasteiger partial charge on any atom is -0.302 e. The van der Waals surface area contributed by atoms with Gasteiger partial charge in [0.2, 0.25) is 10.0 Å². The van der Waals surface area contributed by atoms with Crippen LogP contribution in [0, 0.1) is 17.2 Å². The van der Waals surface area contributed by atoms with E-state index in [1.165, 1.54) is 14.1 Å². The summed E-state index contributed by atoms with van der Waals surface area (Å²) in [4.78, 5) is 23.2. The van der Waals surface area contributed by atoms with Gasteiger partial charge in [-0.05, 0) is 6.92 Å². The summed E-state index contributed by atoms with van der Waals surface area (Å²) in [6, 6.07) is 1.96. The van der Waals surface area contributed by atoms with Crippen LogP contribution < -0.4 is 11.2 Å². The lowest BCUT2D eigenvalue weighted by atomic mass is 10.2. The number of aromatic nitrogens is 2. The van der Waals surface area contributed by atoms with Gasteiger partial charge in [-0.1, -0.05) is 6.92 Å². The van der Waals surface area contributed by atoms with Crippen molar-refractivity contribution in [2.75, 3.05) is 13.1 Å². The maximum absolute atomic E-state index is 12.5. The van der Waals surface area contributed by atoms with Gasteiger partial charge in [-0.3, -0.25) is 9.36 Å². The highest BCUT2D eigenvalue weighted by Gasteiger charge is 2.28. The Morgan fingerprint density at radius 1 is 1.38 bits per heavy atom. The molecule has 1 heterocycles. The van der Waals surface area contributed by atoms with Crippen molar-refractivity contribution in [1.82, 2.24) is 13.4 Å². The molecular weight excluding hydrogens is 296 g/mol. The van der Waals surface area contributed by atoms with E-state index in [1.807, 2.05) is 6.07 Å². The molecular formula is C12H18N4O4S. The van der Waals surface area contributed by atoms with Crippen molar-refractivity contribution in [2.24, 2.45) is 20.0 Å². The zero-order chi connectivity index (χ0) is 16.4. The Morgan fingerprint density at radius 3 is 2.43 bits per heavy atom. The minimum atomic E-state index is -4.06. The Labute approximate surface area is 122 Å². The third-order valence-corrected chi connectivity index (χ3v) is 5.01. The Hall–Kier alpha value is -1.92. The predicted octanol–water partition coefficient (Wildman–Crippen LogP) is -0.746. The first-order valence-corrected chi connectivity index (χ1v) is 7.77. The third-order valence-electron chi connectivity index (χ3n) is 3.08. The van der Waals surface area contributed by atoms with Gasteiger partial charge in [0, 0.05) is 33.4 Å². The first-order valence-electron chi connectivity index (χ1n) is 6.33. The number of rotatable bonds is 5. The molecule has 0 aliphatic rings. The van der Waals surface area contributed by atoms with Crippen molar-refractivity contribution < 1.29 is 8.42 Å². The summed E-state index contributed by atoms with van der Waals surface area (Å²) in [5.41, 5.74) is -1.48. The van der Waals surface area contributed by atoms with E-state index in [2.05, 4.69) is 0 Å². The summed E-state index contributed by atoms with van der Waals surface area (Å²) in [7, 11) is -1.47. The maximum Gasteiger partial charge on any atom is 0.330 e. The molecule has 0 radical (unpaired) electrons. The molecule has 0 N–H and O–H groups in total. The first-order chi connectivity index (χ1) is 9.66. The summed E-state index contributed by atoms with van der Waals surface area (Å²) in [6.45, 7) is 3.33. The molecule has 0 spiro atoms. The molecule has 1 aromatic heterocycles. The smallest absolute Gasteiger partial charge is 0.302 e. The van der Waals surface area contributed by atoms with Gasteiger partial charge in [0.05, 0.1) is 12.0 Å². The lowest BCUT2D eigenvalue weighted by molar-refractivity contribution is 0.398. The van der Waals surface area contributed by atoms with E-state index in [0.717, 1.165) is 19.6 Å². The van der Waals surface area contributed by atoms with Gasteiger partial charge in [0.25, 0.3) is 5.56 Å². The van der Waals surface area contributed by atoms with Crippen molar-refractivity contribution in [1.29, 1.82) is 5.26 Å². The molecule has 0 aromatic carbocycles. The Morgan fingerprint density at radius 2 is 1.95 bits per heavy atom. The molecule has 9 heteroatoms. The van der Waals surface area contributed by atoms with Crippen LogP contribution in [0.1, 0.15) is 13.8 Å². The largest absolute Gasteiger partial charge is 0.330 e. The molecule has 0 saturated carbocycles. The summed E-state index contributed by atoms with van der Waals surface area (Å²) in [5, 5.41) is 8.81. The summed E-state index contributed by atoms with van der Waals surface area (Å²) in [5.74, 6) is -0.504. The van der Waals surface area contributed by atoms with Gasteiger partial charge in [0.15, 0.2) is 4.90 Å². The van der Waals surface area contributed by atoms with E-state index in [0.29, 0.717) is 0 Å². The quantitative estimate of drug-likeness (QED) is 0.711. The monoisotopic (exact) mass is 314 g/mol. The zero-order valence-corrected chi connectivity index (χ0v) is 13.2. The third kappa shape index (κ3) is 3.22. The second-order valence-corrected chi connectivity index (χ2v) is 6.64. The number of hydrogen-bond donors (Lipinski definition) is 0. The Kier molecular flexibility index (Phi) is 5.09. The SMILES string of the molecule is CCN(CC(C)C#N)S(=O)(=O)c1cn(C)c(=O)n(C)c1=O. The highest BCUT2D eigenvalue weighted by Crippen LogP contribution is 2.12. The molecule has 0 amide bonds. The molecule has 1 rings (SSSR count). The normalized spacial score (nSPS) is 13.1. The van der Waals surface area contributed by atoms with Crippen LogP contribution in [0.2, 0.25) is 0 Å². The second-order valence-electron chi connectivity index (χ2n) is 4.74. The maximum atomic E-state index is 12.5. The topological polar surface area (TPSA) is 105 Å². The van der Waals surface area contributed by atoms with Crippen LogP contribution in [-0.2, 0) is 24.1 Å². The molecule has 1 aromatic rings. The van der Waals surface area contributed by atoms with Gasteiger partial charge in [-0.2, -0.15) is 9.57 Å². The molecule has 0 fully saturated rings. The highest BCUT2D eigenvalue weighted by molar-refractivity contribution is 7.89. The number of nitrogens with zero attached hydrogens (tertiary/aromatic N) is 4.